The molecule has 5 nitrogen and oxygen atoms in total. The van der Waals surface area contributed by atoms with Crippen molar-refractivity contribution >= 4 is 5.97 Å². The molecule has 0 bridgehead atoms. The predicted molar refractivity (Wildman–Crippen MR) is 115 cm³/mol. The molecule has 30 heavy (non-hydrogen) atoms. The first kappa shape index (κ1) is 21.0. The van der Waals surface area contributed by atoms with Crippen LogP contribution in [0.2, 0.25) is 0 Å². The van der Waals surface area contributed by atoms with E-state index in [1.807, 2.05) is 60.7 Å². The molecule has 0 aliphatic carbocycles. The van der Waals surface area contributed by atoms with Gasteiger partial charge >= 0.3 is 5.97 Å². The Morgan fingerprint density at radius 1 is 0.833 bits per heavy atom. The van der Waals surface area contributed by atoms with E-state index in [0.717, 1.165) is 11.1 Å². The maximum Gasteiger partial charge on any atom is 0.338 e. The van der Waals surface area contributed by atoms with Crippen LogP contribution in [0.4, 0.5) is 0 Å². The fourth-order valence-corrected chi connectivity index (χ4v) is 2.78. The van der Waals surface area contributed by atoms with E-state index >= 15 is 0 Å². The number of esters is 1. The topological polar surface area (TPSA) is 54.0 Å². The molecule has 3 rings (SSSR count). The summed E-state index contributed by atoms with van der Waals surface area (Å²) >= 11 is 0. The van der Waals surface area contributed by atoms with E-state index in [2.05, 4.69) is 6.58 Å². The Morgan fingerprint density at radius 3 is 1.77 bits per heavy atom. The number of methoxy groups -OCH3 is 1. The molecule has 0 aliphatic rings. The van der Waals surface area contributed by atoms with Gasteiger partial charge in [-0.3, -0.25) is 0 Å². The Balaban J connectivity index is 1.93. The second-order valence-electron chi connectivity index (χ2n) is 6.44. The Labute approximate surface area is 176 Å². The summed E-state index contributed by atoms with van der Waals surface area (Å²) in [5, 5.41) is 0. The zero-order chi connectivity index (χ0) is 21.2. The molecule has 0 saturated heterocycles. The van der Waals surface area contributed by atoms with Gasteiger partial charge in [0.15, 0.2) is 11.5 Å². The molecule has 0 aromatic heterocycles. The molecule has 0 spiro atoms. The van der Waals surface area contributed by atoms with E-state index in [0.29, 0.717) is 36.0 Å². The molecule has 0 aliphatic heterocycles. The van der Waals surface area contributed by atoms with Crippen molar-refractivity contribution in [1.82, 2.24) is 0 Å². The minimum Gasteiger partial charge on any atom is -0.485 e. The van der Waals surface area contributed by atoms with E-state index in [4.69, 9.17) is 18.9 Å². The molecule has 3 aromatic rings. The average molecular weight is 404 g/mol. The number of hydrogen-bond donors (Lipinski definition) is 0. The van der Waals surface area contributed by atoms with E-state index in [1.54, 1.807) is 18.2 Å². The van der Waals surface area contributed by atoms with Crippen molar-refractivity contribution in [2.45, 2.75) is 13.2 Å². The number of carbonyl (C=O) groups is 1. The van der Waals surface area contributed by atoms with E-state index < -0.39 is 5.97 Å². The van der Waals surface area contributed by atoms with Crippen molar-refractivity contribution in [1.29, 1.82) is 0 Å². The molecule has 0 radical (unpaired) electrons. The summed E-state index contributed by atoms with van der Waals surface area (Å²) in [7, 11) is 1.33. The second kappa shape index (κ2) is 10.7. The monoisotopic (exact) mass is 404 g/mol. The number of ether oxygens (including phenoxy) is 4. The van der Waals surface area contributed by atoms with Crippen LogP contribution in [-0.4, -0.2) is 19.7 Å². The lowest BCUT2D eigenvalue weighted by Gasteiger charge is -2.18. The quantitative estimate of drug-likeness (QED) is 0.344. The highest BCUT2D eigenvalue weighted by molar-refractivity contribution is 5.91. The lowest BCUT2D eigenvalue weighted by Crippen LogP contribution is -2.07. The Kier molecular flexibility index (Phi) is 7.50. The number of carbonyl (C=O) groups excluding carboxylic acids is 1. The van der Waals surface area contributed by atoms with Crippen molar-refractivity contribution < 1.29 is 23.7 Å². The smallest absolute Gasteiger partial charge is 0.338 e. The van der Waals surface area contributed by atoms with Gasteiger partial charge in [0.1, 0.15) is 19.8 Å². The van der Waals surface area contributed by atoms with Crippen molar-refractivity contribution in [2.24, 2.45) is 0 Å². The number of benzene rings is 3. The number of hydrogen-bond acceptors (Lipinski definition) is 5. The van der Waals surface area contributed by atoms with Gasteiger partial charge in [-0.05, 0) is 23.3 Å². The zero-order valence-corrected chi connectivity index (χ0v) is 16.9. The summed E-state index contributed by atoms with van der Waals surface area (Å²) in [6, 6.07) is 22.7. The summed E-state index contributed by atoms with van der Waals surface area (Å²) in [5.41, 5.74) is 2.29. The highest BCUT2D eigenvalue weighted by atomic mass is 16.5. The SMILES string of the molecule is C=CCOc1c(OCc2ccccc2)cc(C(=O)OC)cc1OCc1ccccc1. The Hall–Kier alpha value is -3.73. The Morgan fingerprint density at radius 2 is 1.33 bits per heavy atom. The van der Waals surface area contributed by atoms with Crippen molar-refractivity contribution in [2.75, 3.05) is 13.7 Å². The summed E-state index contributed by atoms with van der Waals surface area (Å²) in [6.45, 7) is 4.59. The van der Waals surface area contributed by atoms with Crippen LogP contribution < -0.4 is 14.2 Å². The van der Waals surface area contributed by atoms with Gasteiger partial charge < -0.3 is 18.9 Å². The molecule has 0 N–H and O–H groups in total. The van der Waals surface area contributed by atoms with Gasteiger partial charge in [0.25, 0.3) is 0 Å². The van der Waals surface area contributed by atoms with E-state index in [9.17, 15) is 4.79 Å². The highest BCUT2D eigenvalue weighted by Crippen LogP contribution is 2.40. The van der Waals surface area contributed by atoms with Gasteiger partial charge in [0, 0.05) is 0 Å². The van der Waals surface area contributed by atoms with Gasteiger partial charge in [0.05, 0.1) is 12.7 Å². The Bertz CT molecular complexity index is 903. The summed E-state index contributed by atoms with van der Waals surface area (Å²) in [6.07, 6.45) is 1.64. The normalized spacial score (nSPS) is 10.2. The molecule has 0 heterocycles. The van der Waals surface area contributed by atoms with Gasteiger partial charge in [-0.2, -0.15) is 0 Å². The largest absolute Gasteiger partial charge is 0.485 e. The first-order valence-corrected chi connectivity index (χ1v) is 9.54. The minimum atomic E-state index is -0.487. The van der Waals surface area contributed by atoms with Crippen LogP contribution in [0.1, 0.15) is 21.5 Å². The average Bonchev–Trinajstić information content (AvgIpc) is 2.81. The first-order chi connectivity index (χ1) is 14.7. The third-order valence-corrected chi connectivity index (χ3v) is 4.26. The molecular formula is C25H24O5. The first-order valence-electron chi connectivity index (χ1n) is 9.54. The van der Waals surface area contributed by atoms with Gasteiger partial charge in [0.2, 0.25) is 5.75 Å². The molecule has 0 atom stereocenters. The fraction of sp³-hybridized carbons (Fsp3) is 0.160. The maximum absolute atomic E-state index is 12.2. The molecule has 154 valence electrons. The lowest BCUT2D eigenvalue weighted by atomic mass is 10.1. The van der Waals surface area contributed by atoms with Crippen molar-refractivity contribution in [3.63, 3.8) is 0 Å². The molecule has 0 amide bonds. The molecule has 5 heteroatoms. The third-order valence-electron chi connectivity index (χ3n) is 4.26. The fourth-order valence-electron chi connectivity index (χ4n) is 2.78. The van der Waals surface area contributed by atoms with Crippen LogP contribution in [0.15, 0.2) is 85.5 Å². The van der Waals surface area contributed by atoms with Crippen LogP contribution in [0.3, 0.4) is 0 Å². The van der Waals surface area contributed by atoms with Gasteiger partial charge in [-0.15, -0.1) is 0 Å². The maximum atomic E-state index is 12.2. The van der Waals surface area contributed by atoms with Crippen LogP contribution in [-0.2, 0) is 18.0 Å². The molecular weight excluding hydrogens is 380 g/mol. The molecule has 3 aromatic carbocycles. The third kappa shape index (κ3) is 5.64. The van der Waals surface area contributed by atoms with Crippen LogP contribution in [0.25, 0.3) is 0 Å². The summed E-state index contributed by atoms with van der Waals surface area (Å²) in [4.78, 5) is 12.2. The van der Waals surface area contributed by atoms with Gasteiger partial charge in [-0.25, -0.2) is 4.79 Å². The molecule has 0 unspecified atom stereocenters. The predicted octanol–water partition coefficient (Wildman–Crippen LogP) is 5.20. The van der Waals surface area contributed by atoms with Crippen molar-refractivity contribution in [3.05, 3.63) is 102 Å². The van der Waals surface area contributed by atoms with Crippen LogP contribution in [0.5, 0.6) is 17.2 Å². The standard InChI is InChI=1S/C25H24O5/c1-3-14-28-24-22(29-17-19-10-6-4-7-11-19)15-21(25(26)27-2)16-23(24)30-18-20-12-8-5-9-13-20/h3-13,15-16H,1,14,17-18H2,2H3. The van der Waals surface area contributed by atoms with Gasteiger partial charge in [-0.1, -0.05) is 73.3 Å². The zero-order valence-electron chi connectivity index (χ0n) is 16.9. The molecule has 0 saturated carbocycles. The van der Waals surface area contributed by atoms with Crippen molar-refractivity contribution in [3.8, 4) is 17.2 Å². The minimum absolute atomic E-state index is 0.265. The molecule has 0 fully saturated rings. The van der Waals surface area contributed by atoms with Crippen LogP contribution in [0, 0.1) is 0 Å². The second-order valence-corrected chi connectivity index (χ2v) is 6.44. The lowest BCUT2D eigenvalue weighted by molar-refractivity contribution is 0.0599. The van der Waals surface area contributed by atoms with Crippen LogP contribution >= 0.6 is 0 Å². The van der Waals surface area contributed by atoms with E-state index in [-0.39, 0.29) is 6.61 Å². The summed E-state index contributed by atoms with van der Waals surface area (Å²) in [5.74, 6) is 0.715. The van der Waals surface area contributed by atoms with E-state index in [1.165, 1.54) is 7.11 Å². The summed E-state index contributed by atoms with van der Waals surface area (Å²) < 4.78 is 22.7. The highest BCUT2D eigenvalue weighted by Gasteiger charge is 2.19. The number of rotatable bonds is 10.